The summed E-state index contributed by atoms with van der Waals surface area (Å²) < 4.78 is 12.7. The van der Waals surface area contributed by atoms with Gasteiger partial charge in [-0.25, -0.2) is 4.99 Å². The van der Waals surface area contributed by atoms with Gasteiger partial charge in [0.05, 0.1) is 23.9 Å². The number of nitrogens with zero attached hydrogens (tertiary/aromatic N) is 2. The van der Waals surface area contributed by atoms with Crippen LogP contribution in [0.3, 0.4) is 0 Å². The Hall–Kier alpha value is -1.34. The van der Waals surface area contributed by atoms with E-state index in [0.29, 0.717) is 43.0 Å². The van der Waals surface area contributed by atoms with Crippen molar-refractivity contribution in [2.45, 2.75) is 144 Å². The van der Waals surface area contributed by atoms with Crippen molar-refractivity contribution < 1.29 is 9.47 Å². The van der Waals surface area contributed by atoms with Crippen LogP contribution in [0.1, 0.15) is 127 Å². The topological polar surface area (TPSA) is 107 Å². The van der Waals surface area contributed by atoms with Crippen LogP contribution in [0.5, 0.6) is 0 Å². The van der Waals surface area contributed by atoms with Gasteiger partial charge in [-0.2, -0.15) is 0 Å². The average molecular weight is 512 g/mol. The number of nitrogens with two attached hydrogens (primary N) is 2. The van der Waals surface area contributed by atoms with Gasteiger partial charge in [0, 0.05) is 13.2 Å². The molecule has 0 radical (unpaired) electrons. The Labute approximate surface area is 223 Å². The highest BCUT2D eigenvalue weighted by molar-refractivity contribution is 5.97. The summed E-state index contributed by atoms with van der Waals surface area (Å²) in [6.07, 6.45) is 9.44. The first kappa shape index (κ1) is 34.7. The van der Waals surface area contributed by atoms with Crippen LogP contribution in [0.4, 0.5) is 0 Å². The van der Waals surface area contributed by atoms with E-state index in [9.17, 15) is 0 Å². The molecule has 7 nitrogen and oxygen atoms in total. The largest absolute Gasteiger partial charge is 0.375 e. The molecule has 0 fully saturated rings. The van der Waals surface area contributed by atoms with Crippen molar-refractivity contribution in [2.24, 2.45) is 32.8 Å². The molecule has 0 saturated carbocycles. The zero-order chi connectivity index (χ0) is 27.8. The fourth-order valence-electron chi connectivity index (χ4n) is 3.86. The Morgan fingerprint density at radius 2 is 1.33 bits per heavy atom. The van der Waals surface area contributed by atoms with Gasteiger partial charge in [0.1, 0.15) is 0 Å². The molecule has 214 valence electrons. The number of ether oxygens (including phenoxy) is 2. The van der Waals surface area contributed by atoms with E-state index < -0.39 is 0 Å². The summed E-state index contributed by atoms with van der Waals surface area (Å²) in [5.74, 6) is 1.07. The summed E-state index contributed by atoms with van der Waals surface area (Å²) in [5.41, 5.74) is 12.1. The Bertz CT molecular complexity index is 650. The third-order valence-corrected chi connectivity index (χ3v) is 8.64. The van der Waals surface area contributed by atoms with Crippen LogP contribution in [-0.4, -0.2) is 48.9 Å². The Morgan fingerprint density at radius 1 is 0.778 bits per heavy atom. The summed E-state index contributed by atoms with van der Waals surface area (Å²) in [6.45, 7) is 24.1. The van der Waals surface area contributed by atoms with Crippen LogP contribution < -0.4 is 16.8 Å². The molecule has 0 aliphatic carbocycles. The van der Waals surface area contributed by atoms with Crippen molar-refractivity contribution >= 4 is 11.9 Å². The molecule has 0 aliphatic rings. The fourth-order valence-corrected chi connectivity index (χ4v) is 3.86. The first-order valence-corrected chi connectivity index (χ1v) is 14.5. The number of hydrogen-bond donors (Lipinski definition) is 3. The molecule has 0 aromatic heterocycles. The highest BCUT2D eigenvalue weighted by Gasteiger charge is 2.30. The van der Waals surface area contributed by atoms with Gasteiger partial charge >= 0.3 is 0 Å². The average Bonchev–Trinajstić information content (AvgIpc) is 2.86. The van der Waals surface area contributed by atoms with Gasteiger partial charge < -0.3 is 20.9 Å². The standard InChI is InChI=1S/C29H61N5O2/c1-11-23(6)24(7)33-26(31)34-25(30)32-20-16-21-35-29(10,15-5)19-22-36-28(9,14-4)18-17-27(8,12-2)13-3/h23-24H,11-22H2,1-10H3,(H5,30,31,32,33,34). The Balaban J connectivity index is 4.53. The van der Waals surface area contributed by atoms with Crippen molar-refractivity contribution in [3.63, 3.8) is 0 Å². The maximum Gasteiger partial charge on any atom is 0.195 e. The number of hydrogen-bond acceptors (Lipinski definition) is 4. The van der Waals surface area contributed by atoms with E-state index in [2.05, 4.69) is 84.5 Å². The van der Waals surface area contributed by atoms with E-state index >= 15 is 0 Å². The lowest BCUT2D eigenvalue weighted by molar-refractivity contribution is -0.0932. The molecular formula is C29H61N5O2. The molecule has 0 amide bonds. The molecule has 0 aliphatic heterocycles. The lowest BCUT2D eigenvalue weighted by Gasteiger charge is -2.36. The van der Waals surface area contributed by atoms with Gasteiger partial charge in [-0.15, -0.1) is 0 Å². The smallest absolute Gasteiger partial charge is 0.195 e. The minimum absolute atomic E-state index is 0.0724. The molecule has 0 aromatic rings. The number of nitrogens with one attached hydrogen (secondary N) is 1. The Morgan fingerprint density at radius 3 is 1.86 bits per heavy atom. The van der Waals surface area contributed by atoms with Crippen molar-refractivity contribution in [2.75, 3.05) is 19.8 Å². The van der Waals surface area contributed by atoms with E-state index in [4.69, 9.17) is 20.9 Å². The van der Waals surface area contributed by atoms with Crippen molar-refractivity contribution in [1.82, 2.24) is 5.32 Å². The summed E-state index contributed by atoms with van der Waals surface area (Å²) >= 11 is 0. The van der Waals surface area contributed by atoms with Crippen LogP contribution in [0.15, 0.2) is 9.98 Å². The summed E-state index contributed by atoms with van der Waals surface area (Å²) in [7, 11) is 0. The third-order valence-electron chi connectivity index (χ3n) is 8.64. The van der Waals surface area contributed by atoms with Gasteiger partial charge in [-0.05, 0) is 70.6 Å². The second kappa shape index (κ2) is 17.2. The molecule has 0 spiro atoms. The van der Waals surface area contributed by atoms with Crippen molar-refractivity contribution in [1.29, 1.82) is 0 Å². The fraction of sp³-hybridized carbons (Fsp3) is 0.931. The molecule has 0 bridgehead atoms. The molecule has 0 rings (SSSR count). The normalized spacial score (nSPS) is 18.4. The van der Waals surface area contributed by atoms with E-state index in [1.807, 2.05) is 0 Å². The van der Waals surface area contributed by atoms with Gasteiger partial charge in [0.15, 0.2) is 11.9 Å². The van der Waals surface area contributed by atoms with Crippen molar-refractivity contribution in [3.05, 3.63) is 0 Å². The van der Waals surface area contributed by atoms with E-state index in [0.717, 1.165) is 38.5 Å². The maximum absolute atomic E-state index is 6.46. The SMILES string of the molecule is CCC(C)C(C)N=C(N)NC(N)=NCCCOC(C)(CC)CCOC(C)(CC)CCC(C)(CC)CC. The molecule has 4 unspecified atom stereocenters. The molecule has 4 atom stereocenters. The van der Waals surface area contributed by atoms with E-state index in [1.165, 1.54) is 19.3 Å². The lowest BCUT2D eigenvalue weighted by Crippen LogP contribution is -2.42. The number of aliphatic imine (C=N–C) groups is 2. The van der Waals surface area contributed by atoms with Crippen LogP contribution >= 0.6 is 0 Å². The van der Waals surface area contributed by atoms with Gasteiger partial charge in [-0.3, -0.25) is 10.3 Å². The highest BCUT2D eigenvalue weighted by atomic mass is 16.5. The van der Waals surface area contributed by atoms with Crippen LogP contribution in [0, 0.1) is 11.3 Å². The van der Waals surface area contributed by atoms with E-state index in [-0.39, 0.29) is 17.2 Å². The zero-order valence-corrected chi connectivity index (χ0v) is 25.5. The predicted octanol–water partition coefficient (Wildman–Crippen LogP) is 6.40. The highest BCUT2D eigenvalue weighted by Crippen LogP contribution is 2.36. The Kier molecular flexibility index (Phi) is 16.6. The summed E-state index contributed by atoms with van der Waals surface area (Å²) in [6, 6.07) is 0.141. The number of guanidine groups is 2. The minimum atomic E-state index is -0.202. The van der Waals surface area contributed by atoms with Crippen LogP contribution in [0.2, 0.25) is 0 Å². The minimum Gasteiger partial charge on any atom is -0.375 e. The predicted molar refractivity (Wildman–Crippen MR) is 157 cm³/mol. The third kappa shape index (κ3) is 13.8. The second-order valence-electron chi connectivity index (χ2n) is 11.5. The maximum atomic E-state index is 6.46. The molecular weight excluding hydrogens is 450 g/mol. The van der Waals surface area contributed by atoms with Gasteiger partial charge in [0.25, 0.3) is 0 Å². The monoisotopic (exact) mass is 511 g/mol. The van der Waals surface area contributed by atoms with Crippen LogP contribution in [0.25, 0.3) is 0 Å². The van der Waals surface area contributed by atoms with Crippen molar-refractivity contribution in [3.8, 4) is 0 Å². The number of rotatable bonds is 19. The molecule has 36 heavy (non-hydrogen) atoms. The van der Waals surface area contributed by atoms with E-state index in [1.54, 1.807) is 0 Å². The first-order valence-electron chi connectivity index (χ1n) is 14.5. The zero-order valence-electron chi connectivity index (χ0n) is 25.5. The van der Waals surface area contributed by atoms with Crippen LogP contribution in [-0.2, 0) is 9.47 Å². The molecule has 7 heteroatoms. The summed E-state index contributed by atoms with van der Waals surface area (Å²) in [5, 5.41) is 2.88. The summed E-state index contributed by atoms with van der Waals surface area (Å²) in [4.78, 5) is 8.80. The first-order chi connectivity index (χ1) is 16.8. The second-order valence-corrected chi connectivity index (χ2v) is 11.5. The lowest BCUT2D eigenvalue weighted by atomic mass is 9.77. The quantitative estimate of drug-likeness (QED) is 0.106. The molecule has 0 heterocycles. The van der Waals surface area contributed by atoms with Gasteiger partial charge in [0.2, 0.25) is 0 Å². The molecule has 5 N–H and O–H groups in total. The molecule has 0 aromatic carbocycles. The van der Waals surface area contributed by atoms with Gasteiger partial charge in [-0.1, -0.05) is 67.7 Å². The molecule has 0 saturated heterocycles.